The topological polar surface area (TPSA) is 26.0 Å². The SMILES string of the molecule is CCC#Cc1ccc(-c2cnco2)cc1. The normalized spacial score (nSPS) is 9.40. The van der Waals surface area contributed by atoms with Gasteiger partial charge in [0.15, 0.2) is 12.2 Å². The fourth-order valence-corrected chi connectivity index (χ4v) is 1.27. The fraction of sp³-hybridized carbons (Fsp3) is 0.154. The van der Waals surface area contributed by atoms with Crippen LogP contribution in [0.25, 0.3) is 11.3 Å². The maximum absolute atomic E-state index is 5.19. The van der Waals surface area contributed by atoms with Gasteiger partial charge in [0.2, 0.25) is 0 Å². The molecular weight excluding hydrogens is 186 g/mol. The molecule has 2 aromatic rings. The van der Waals surface area contributed by atoms with E-state index in [0.717, 1.165) is 23.3 Å². The molecule has 0 aliphatic heterocycles. The van der Waals surface area contributed by atoms with Crippen LogP contribution in [0.4, 0.5) is 0 Å². The summed E-state index contributed by atoms with van der Waals surface area (Å²) in [4.78, 5) is 3.88. The molecule has 0 saturated heterocycles. The Labute approximate surface area is 89.0 Å². The van der Waals surface area contributed by atoms with Crippen molar-refractivity contribution in [3.05, 3.63) is 42.4 Å². The molecular formula is C13H11NO. The molecule has 2 nitrogen and oxygen atoms in total. The summed E-state index contributed by atoms with van der Waals surface area (Å²) in [6, 6.07) is 7.95. The van der Waals surface area contributed by atoms with Crippen molar-refractivity contribution in [2.75, 3.05) is 0 Å². The van der Waals surface area contributed by atoms with Crippen LogP contribution in [0, 0.1) is 11.8 Å². The highest BCUT2D eigenvalue weighted by atomic mass is 16.3. The zero-order valence-electron chi connectivity index (χ0n) is 8.53. The molecule has 0 unspecified atom stereocenters. The van der Waals surface area contributed by atoms with Gasteiger partial charge in [-0.1, -0.05) is 18.8 Å². The molecule has 1 aromatic heterocycles. The number of hydrogen-bond donors (Lipinski definition) is 0. The Morgan fingerprint density at radius 3 is 2.67 bits per heavy atom. The maximum atomic E-state index is 5.19. The summed E-state index contributed by atoms with van der Waals surface area (Å²) in [7, 11) is 0. The molecule has 0 aliphatic rings. The molecule has 0 atom stereocenters. The Bertz CT molecular complexity index is 471. The van der Waals surface area contributed by atoms with Crippen LogP contribution in [0.2, 0.25) is 0 Å². The van der Waals surface area contributed by atoms with E-state index in [2.05, 4.69) is 16.8 Å². The highest BCUT2D eigenvalue weighted by Crippen LogP contribution is 2.18. The zero-order valence-corrected chi connectivity index (χ0v) is 8.53. The molecule has 0 fully saturated rings. The highest BCUT2D eigenvalue weighted by molar-refractivity contribution is 5.57. The second kappa shape index (κ2) is 4.47. The first-order valence-corrected chi connectivity index (χ1v) is 4.88. The van der Waals surface area contributed by atoms with E-state index in [1.807, 2.05) is 31.2 Å². The summed E-state index contributed by atoms with van der Waals surface area (Å²) >= 11 is 0. The lowest BCUT2D eigenvalue weighted by molar-refractivity contribution is 0.572. The minimum Gasteiger partial charge on any atom is -0.444 e. The summed E-state index contributed by atoms with van der Waals surface area (Å²) in [5.74, 6) is 6.89. The number of benzene rings is 1. The second-order valence-electron chi connectivity index (χ2n) is 3.10. The smallest absolute Gasteiger partial charge is 0.181 e. The Kier molecular flexibility index (Phi) is 2.85. The van der Waals surface area contributed by atoms with E-state index in [9.17, 15) is 0 Å². The van der Waals surface area contributed by atoms with Crippen LogP contribution in [-0.2, 0) is 0 Å². The molecule has 15 heavy (non-hydrogen) atoms. The standard InChI is InChI=1S/C13H11NO/c1-2-3-4-11-5-7-12(8-6-11)13-9-14-10-15-13/h5-10H,2H2,1H3. The fourth-order valence-electron chi connectivity index (χ4n) is 1.27. The van der Waals surface area contributed by atoms with Gasteiger partial charge in [0, 0.05) is 17.5 Å². The Balaban J connectivity index is 2.25. The van der Waals surface area contributed by atoms with Gasteiger partial charge >= 0.3 is 0 Å². The van der Waals surface area contributed by atoms with E-state index in [0.29, 0.717) is 0 Å². The molecule has 2 heteroatoms. The summed E-state index contributed by atoms with van der Waals surface area (Å²) in [6.45, 7) is 2.04. The van der Waals surface area contributed by atoms with Gasteiger partial charge < -0.3 is 4.42 Å². The van der Waals surface area contributed by atoms with Crippen LogP contribution in [0.5, 0.6) is 0 Å². The third-order valence-corrected chi connectivity index (χ3v) is 2.01. The molecule has 0 amide bonds. The number of hydrogen-bond acceptors (Lipinski definition) is 2. The minimum atomic E-state index is 0.782. The first-order chi connectivity index (χ1) is 7.40. The quantitative estimate of drug-likeness (QED) is 0.656. The van der Waals surface area contributed by atoms with Gasteiger partial charge in [0.05, 0.1) is 6.20 Å². The molecule has 0 radical (unpaired) electrons. The van der Waals surface area contributed by atoms with Gasteiger partial charge in [-0.2, -0.15) is 0 Å². The zero-order chi connectivity index (χ0) is 10.5. The van der Waals surface area contributed by atoms with Crippen molar-refractivity contribution >= 4 is 0 Å². The molecule has 0 saturated carbocycles. The second-order valence-corrected chi connectivity index (χ2v) is 3.10. The van der Waals surface area contributed by atoms with E-state index in [-0.39, 0.29) is 0 Å². The van der Waals surface area contributed by atoms with Gasteiger partial charge in [-0.15, -0.1) is 0 Å². The van der Waals surface area contributed by atoms with Crippen molar-refractivity contribution in [2.45, 2.75) is 13.3 Å². The Morgan fingerprint density at radius 2 is 2.07 bits per heavy atom. The van der Waals surface area contributed by atoms with Gasteiger partial charge in [-0.25, -0.2) is 4.98 Å². The first kappa shape index (κ1) is 9.54. The van der Waals surface area contributed by atoms with Crippen molar-refractivity contribution in [2.24, 2.45) is 0 Å². The average molecular weight is 197 g/mol. The number of nitrogens with zero attached hydrogens (tertiary/aromatic N) is 1. The lowest BCUT2D eigenvalue weighted by atomic mass is 10.1. The molecule has 0 aliphatic carbocycles. The lowest BCUT2D eigenvalue weighted by Gasteiger charge is -1.95. The number of rotatable bonds is 1. The van der Waals surface area contributed by atoms with Gasteiger partial charge in [-0.05, 0) is 24.3 Å². The van der Waals surface area contributed by atoms with Crippen molar-refractivity contribution in [1.82, 2.24) is 4.98 Å². The number of oxazole rings is 1. The third-order valence-electron chi connectivity index (χ3n) is 2.01. The van der Waals surface area contributed by atoms with Crippen LogP contribution in [-0.4, -0.2) is 4.98 Å². The average Bonchev–Trinajstić information content (AvgIpc) is 2.80. The van der Waals surface area contributed by atoms with Gasteiger partial charge in [0.1, 0.15) is 0 Å². The largest absolute Gasteiger partial charge is 0.444 e. The molecule has 0 spiro atoms. The summed E-state index contributed by atoms with van der Waals surface area (Å²) in [6.07, 6.45) is 4.01. The Hall–Kier alpha value is -2.01. The van der Waals surface area contributed by atoms with Crippen LogP contribution in [0.15, 0.2) is 41.3 Å². The maximum Gasteiger partial charge on any atom is 0.181 e. The highest BCUT2D eigenvalue weighted by Gasteiger charge is 1.99. The van der Waals surface area contributed by atoms with Crippen LogP contribution in [0.3, 0.4) is 0 Å². The van der Waals surface area contributed by atoms with Crippen molar-refractivity contribution in [3.63, 3.8) is 0 Å². The van der Waals surface area contributed by atoms with Crippen LogP contribution in [0.1, 0.15) is 18.9 Å². The predicted octanol–water partition coefficient (Wildman–Crippen LogP) is 3.10. The van der Waals surface area contributed by atoms with Crippen LogP contribution >= 0.6 is 0 Å². The van der Waals surface area contributed by atoms with Gasteiger partial charge in [0.25, 0.3) is 0 Å². The van der Waals surface area contributed by atoms with E-state index in [1.165, 1.54) is 6.39 Å². The van der Waals surface area contributed by atoms with Crippen molar-refractivity contribution in [3.8, 4) is 23.2 Å². The predicted molar refractivity (Wildman–Crippen MR) is 59.1 cm³/mol. The molecule has 0 bridgehead atoms. The van der Waals surface area contributed by atoms with Crippen molar-refractivity contribution < 1.29 is 4.42 Å². The molecule has 74 valence electrons. The van der Waals surface area contributed by atoms with Crippen LogP contribution < -0.4 is 0 Å². The minimum absolute atomic E-state index is 0.782. The summed E-state index contributed by atoms with van der Waals surface area (Å²) < 4.78 is 5.19. The van der Waals surface area contributed by atoms with E-state index in [4.69, 9.17) is 4.42 Å². The molecule has 1 heterocycles. The molecule has 0 N–H and O–H groups in total. The molecule has 2 rings (SSSR count). The summed E-state index contributed by atoms with van der Waals surface area (Å²) in [5.41, 5.74) is 2.05. The Morgan fingerprint density at radius 1 is 1.27 bits per heavy atom. The van der Waals surface area contributed by atoms with E-state index < -0.39 is 0 Å². The van der Waals surface area contributed by atoms with E-state index in [1.54, 1.807) is 6.20 Å². The van der Waals surface area contributed by atoms with Gasteiger partial charge in [-0.3, -0.25) is 0 Å². The molecule has 1 aromatic carbocycles. The lowest BCUT2D eigenvalue weighted by Crippen LogP contribution is -1.76. The van der Waals surface area contributed by atoms with E-state index >= 15 is 0 Å². The third kappa shape index (κ3) is 2.26. The summed E-state index contributed by atoms with van der Waals surface area (Å²) in [5, 5.41) is 0. The monoisotopic (exact) mass is 197 g/mol. The van der Waals surface area contributed by atoms with Crippen molar-refractivity contribution in [1.29, 1.82) is 0 Å². The first-order valence-electron chi connectivity index (χ1n) is 4.88. The number of aromatic nitrogens is 1.